The van der Waals surface area contributed by atoms with Gasteiger partial charge < -0.3 is 15.8 Å². The molecule has 0 spiro atoms. The number of halogens is 1. The minimum atomic E-state index is -3.71. The van der Waals surface area contributed by atoms with Crippen LogP contribution in [0.15, 0.2) is 41.5 Å². The highest BCUT2D eigenvalue weighted by Crippen LogP contribution is 2.29. The highest BCUT2D eigenvalue weighted by Gasteiger charge is 2.32. The van der Waals surface area contributed by atoms with Crippen LogP contribution in [0.25, 0.3) is 0 Å². The number of guanidine groups is 1. The zero-order chi connectivity index (χ0) is 20.5. The summed E-state index contributed by atoms with van der Waals surface area (Å²) in [6, 6.07) is 5.86. The second kappa shape index (κ2) is 7.43. The Morgan fingerprint density at radius 3 is 2.71 bits per heavy atom. The molecule has 0 fully saturated rings. The number of nitrogens with zero attached hydrogens (tertiary/aromatic N) is 3. The van der Waals surface area contributed by atoms with Crippen molar-refractivity contribution in [3.05, 3.63) is 53.6 Å². The van der Waals surface area contributed by atoms with Gasteiger partial charge in [-0.3, -0.25) is 4.79 Å². The number of aromatic nitrogens is 1. The molecule has 9 nitrogen and oxygen atoms in total. The maximum atomic E-state index is 14.3. The molecule has 0 radical (unpaired) electrons. The molecule has 3 rings (SSSR count). The number of aliphatic imine (C=N–C) groups is 1. The molecule has 1 aliphatic heterocycles. The topological polar surface area (TPSA) is 127 Å². The number of hydrogen-bond donors (Lipinski definition) is 2. The Labute approximate surface area is 161 Å². The maximum absolute atomic E-state index is 14.3. The fraction of sp³-hybridized carbons (Fsp3) is 0.235. The number of amides is 1. The number of carbonyl (C=O) groups excluding carboxylic acids is 1. The van der Waals surface area contributed by atoms with Crippen LogP contribution in [0.3, 0.4) is 0 Å². The highest BCUT2D eigenvalue weighted by molar-refractivity contribution is 7.89. The molecule has 0 saturated carbocycles. The van der Waals surface area contributed by atoms with Crippen molar-refractivity contribution >= 4 is 27.6 Å². The number of benzene rings is 1. The summed E-state index contributed by atoms with van der Waals surface area (Å²) in [4.78, 5) is 20.4. The number of sulfonamides is 1. The summed E-state index contributed by atoms with van der Waals surface area (Å²) in [6.45, 7) is 0. The number of nitrogens with one attached hydrogen (secondary N) is 1. The highest BCUT2D eigenvalue weighted by atomic mass is 32.2. The summed E-state index contributed by atoms with van der Waals surface area (Å²) in [5.74, 6) is -1.33. The van der Waals surface area contributed by atoms with Gasteiger partial charge >= 0.3 is 0 Å². The molecule has 1 amide bonds. The van der Waals surface area contributed by atoms with E-state index in [1.165, 1.54) is 38.6 Å². The number of ether oxygens (including phenoxy) is 1. The van der Waals surface area contributed by atoms with E-state index < -0.39 is 33.5 Å². The molecular weight excluding hydrogens is 389 g/mol. The quantitative estimate of drug-likeness (QED) is 0.782. The van der Waals surface area contributed by atoms with Gasteiger partial charge in [-0.25, -0.2) is 27.1 Å². The van der Waals surface area contributed by atoms with Gasteiger partial charge in [-0.15, -0.1) is 0 Å². The van der Waals surface area contributed by atoms with E-state index in [0.717, 1.165) is 10.4 Å². The van der Waals surface area contributed by atoms with Crippen LogP contribution in [0.1, 0.15) is 22.1 Å². The van der Waals surface area contributed by atoms with Crippen molar-refractivity contribution in [1.29, 1.82) is 0 Å². The first kappa shape index (κ1) is 19.5. The van der Waals surface area contributed by atoms with Crippen LogP contribution in [0.2, 0.25) is 0 Å². The summed E-state index contributed by atoms with van der Waals surface area (Å²) in [6.07, 6.45) is 1.39. The van der Waals surface area contributed by atoms with E-state index in [-0.39, 0.29) is 22.9 Å². The normalized spacial score (nSPS) is 18.3. The molecule has 1 aromatic carbocycles. The summed E-state index contributed by atoms with van der Waals surface area (Å²) < 4.78 is 44.4. The fourth-order valence-corrected chi connectivity index (χ4v) is 3.81. The third-order valence-corrected chi connectivity index (χ3v) is 5.97. The molecule has 148 valence electrons. The molecule has 0 aliphatic carbocycles. The van der Waals surface area contributed by atoms with Crippen molar-refractivity contribution in [2.45, 2.75) is 6.04 Å². The third kappa shape index (κ3) is 3.88. The first-order valence-corrected chi connectivity index (χ1v) is 9.73. The molecule has 28 heavy (non-hydrogen) atoms. The van der Waals surface area contributed by atoms with Gasteiger partial charge in [0.05, 0.1) is 25.1 Å². The van der Waals surface area contributed by atoms with Gasteiger partial charge in [0.25, 0.3) is 5.91 Å². The van der Waals surface area contributed by atoms with E-state index in [1.807, 2.05) is 0 Å². The lowest BCUT2D eigenvalue weighted by Crippen LogP contribution is -2.45. The lowest BCUT2D eigenvalue weighted by molar-refractivity contribution is 0.102. The van der Waals surface area contributed by atoms with Gasteiger partial charge in [0.1, 0.15) is 17.3 Å². The largest absolute Gasteiger partial charge is 0.495 e. The van der Waals surface area contributed by atoms with Crippen LogP contribution in [-0.4, -0.2) is 49.5 Å². The van der Waals surface area contributed by atoms with Crippen molar-refractivity contribution in [3.63, 3.8) is 0 Å². The van der Waals surface area contributed by atoms with Crippen molar-refractivity contribution in [3.8, 4) is 5.75 Å². The molecule has 0 unspecified atom stereocenters. The smallest absolute Gasteiger partial charge is 0.274 e. The zero-order valence-electron chi connectivity index (χ0n) is 15.1. The van der Waals surface area contributed by atoms with Gasteiger partial charge in [-0.2, -0.15) is 0 Å². The number of rotatable bonds is 4. The Kier molecular flexibility index (Phi) is 5.18. The van der Waals surface area contributed by atoms with Crippen molar-refractivity contribution < 1.29 is 22.3 Å². The second-order valence-corrected chi connectivity index (χ2v) is 8.07. The lowest BCUT2D eigenvalue weighted by atomic mass is 10.1. The van der Waals surface area contributed by atoms with Crippen LogP contribution in [0.5, 0.6) is 5.75 Å². The van der Waals surface area contributed by atoms with Gasteiger partial charge in [-0.1, -0.05) is 0 Å². The van der Waals surface area contributed by atoms with Crippen LogP contribution >= 0.6 is 0 Å². The number of pyridine rings is 1. The molecule has 1 aromatic heterocycles. The summed E-state index contributed by atoms with van der Waals surface area (Å²) in [7, 11) is -0.950. The first-order chi connectivity index (χ1) is 13.2. The number of nitrogens with two attached hydrogens (primary N) is 1. The Hall–Kier alpha value is -3.21. The maximum Gasteiger partial charge on any atom is 0.274 e. The van der Waals surface area contributed by atoms with E-state index in [0.29, 0.717) is 5.75 Å². The van der Waals surface area contributed by atoms with Crippen LogP contribution in [-0.2, 0) is 10.0 Å². The minimum Gasteiger partial charge on any atom is -0.495 e. The van der Waals surface area contributed by atoms with Gasteiger partial charge in [0.2, 0.25) is 16.0 Å². The average molecular weight is 407 g/mol. The molecular formula is C17H18FN5O4S. The summed E-state index contributed by atoms with van der Waals surface area (Å²) in [5.41, 5.74) is 6.05. The molecule has 0 saturated heterocycles. The van der Waals surface area contributed by atoms with Gasteiger partial charge in [0.15, 0.2) is 0 Å². The number of hydrogen-bond acceptors (Lipinski definition) is 7. The van der Waals surface area contributed by atoms with Crippen LogP contribution < -0.4 is 15.8 Å². The van der Waals surface area contributed by atoms with Crippen molar-refractivity contribution in [2.24, 2.45) is 10.7 Å². The fourth-order valence-electron chi connectivity index (χ4n) is 2.60. The monoisotopic (exact) mass is 407 g/mol. The third-order valence-electron chi connectivity index (χ3n) is 4.21. The molecule has 2 heterocycles. The van der Waals surface area contributed by atoms with E-state index >= 15 is 0 Å². The molecule has 1 aliphatic rings. The van der Waals surface area contributed by atoms with E-state index in [1.54, 1.807) is 6.07 Å². The van der Waals surface area contributed by atoms with E-state index in [4.69, 9.17) is 10.5 Å². The van der Waals surface area contributed by atoms with E-state index in [9.17, 15) is 17.6 Å². The molecule has 11 heteroatoms. The number of anilines is 1. The Bertz CT molecular complexity index is 1040. The Balaban J connectivity index is 1.86. The predicted molar refractivity (Wildman–Crippen MR) is 101 cm³/mol. The van der Waals surface area contributed by atoms with Crippen molar-refractivity contribution in [2.75, 3.05) is 25.2 Å². The standard InChI is InChI=1S/C17H18FN5O4S/c1-23-17(19)22-15(9-28(23,25)26)12-7-10(3-5-13(12)18)21-16(24)14-6-4-11(27-2)8-20-14/h3-8,15H,9H2,1-2H3,(H2,19,22)(H,21,24)/t15-/m0/s1. The molecule has 2 aromatic rings. The zero-order valence-corrected chi connectivity index (χ0v) is 15.9. The molecule has 0 bridgehead atoms. The van der Waals surface area contributed by atoms with Gasteiger partial charge in [-0.05, 0) is 30.3 Å². The van der Waals surface area contributed by atoms with Crippen LogP contribution in [0, 0.1) is 5.82 Å². The number of carbonyl (C=O) groups is 1. The summed E-state index contributed by atoms with van der Waals surface area (Å²) in [5, 5.41) is 2.59. The SMILES string of the molecule is COc1ccc(C(=O)Nc2ccc(F)c([C@@H]3CS(=O)(=O)N(C)C(N)=N3)c2)nc1. The summed E-state index contributed by atoms with van der Waals surface area (Å²) >= 11 is 0. The second-order valence-electron chi connectivity index (χ2n) is 6.02. The van der Waals surface area contributed by atoms with Gasteiger partial charge in [0, 0.05) is 18.3 Å². The molecule has 3 N–H and O–H groups in total. The van der Waals surface area contributed by atoms with Crippen molar-refractivity contribution in [1.82, 2.24) is 9.29 Å². The predicted octanol–water partition coefficient (Wildman–Crippen LogP) is 1.11. The van der Waals surface area contributed by atoms with Crippen LogP contribution in [0.4, 0.5) is 10.1 Å². The minimum absolute atomic E-state index is 0.0140. The molecule has 1 atom stereocenters. The Morgan fingerprint density at radius 2 is 2.11 bits per heavy atom. The number of methoxy groups -OCH3 is 1. The lowest BCUT2D eigenvalue weighted by Gasteiger charge is -2.27. The average Bonchev–Trinajstić information content (AvgIpc) is 2.67. The Morgan fingerprint density at radius 1 is 1.36 bits per heavy atom. The van der Waals surface area contributed by atoms with E-state index in [2.05, 4.69) is 15.3 Å². The first-order valence-electron chi connectivity index (χ1n) is 8.12.